The predicted molar refractivity (Wildman–Crippen MR) is 76.0 cm³/mol. The Bertz CT molecular complexity index is 269. The predicted octanol–water partition coefficient (Wildman–Crippen LogP) is 1.84. The zero-order valence-corrected chi connectivity index (χ0v) is 12.1. The van der Waals surface area contributed by atoms with Crippen molar-refractivity contribution in [3.63, 3.8) is 0 Å². The van der Waals surface area contributed by atoms with E-state index in [4.69, 9.17) is 4.74 Å². The molecule has 1 amide bonds. The molecular formula is C15H28N2O2. The number of morpholine rings is 1. The van der Waals surface area contributed by atoms with Gasteiger partial charge in [0.05, 0.1) is 19.1 Å². The minimum absolute atomic E-state index is 0.0510. The second-order valence-electron chi connectivity index (χ2n) is 6.01. The molecule has 0 aromatic heterocycles. The summed E-state index contributed by atoms with van der Waals surface area (Å²) in [5.74, 6) is 0.808. The molecule has 4 nitrogen and oxygen atoms in total. The quantitative estimate of drug-likeness (QED) is 0.765. The van der Waals surface area contributed by atoms with Gasteiger partial charge in [0.15, 0.2) is 0 Å². The normalized spacial score (nSPS) is 27.5. The van der Waals surface area contributed by atoms with Crippen LogP contribution in [0.3, 0.4) is 0 Å². The third-order valence-corrected chi connectivity index (χ3v) is 4.41. The number of amides is 1. The van der Waals surface area contributed by atoms with Crippen molar-refractivity contribution >= 4 is 5.91 Å². The summed E-state index contributed by atoms with van der Waals surface area (Å²) in [4.78, 5) is 12.0. The molecule has 2 rings (SSSR count). The van der Waals surface area contributed by atoms with Crippen LogP contribution in [0.4, 0.5) is 0 Å². The van der Waals surface area contributed by atoms with E-state index in [1.54, 1.807) is 0 Å². The van der Waals surface area contributed by atoms with E-state index in [1.165, 1.54) is 38.5 Å². The molecule has 2 fully saturated rings. The fourth-order valence-electron chi connectivity index (χ4n) is 3.20. The molecule has 1 aliphatic heterocycles. The van der Waals surface area contributed by atoms with E-state index >= 15 is 0 Å². The van der Waals surface area contributed by atoms with Crippen LogP contribution in [0.25, 0.3) is 0 Å². The average Bonchev–Trinajstić information content (AvgIpc) is 2.68. The van der Waals surface area contributed by atoms with Gasteiger partial charge in [-0.25, -0.2) is 0 Å². The maximum absolute atomic E-state index is 12.0. The Morgan fingerprint density at radius 3 is 2.68 bits per heavy atom. The summed E-state index contributed by atoms with van der Waals surface area (Å²) < 4.78 is 5.57. The van der Waals surface area contributed by atoms with Crippen LogP contribution in [-0.2, 0) is 9.53 Å². The fourth-order valence-corrected chi connectivity index (χ4v) is 3.20. The van der Waals surface area contributed by atoms with Crippen LogP contribution in [0.5, 0.6) is 0 Å². The molecule has 1 unspecified atom stereocenters. The molecule has 2 atom stereocenters. The van der Waals surface area contributed by atoms with Gasteiger partial charge in [0.1, 0.15) is 0 Å². The summed E-state index contributed by atoms with van der Waals surface area (Å²) in [6, 6.07) is 0.308. The average molecular weight is 268 g/mol. The molecular weight excluding hydrogens is 240 g/mol. The van der Waals surface area contributed by atoms with E-state index in [0.717, 1.165) is 19.7 Å². The lowest BCUT2D eigenvalue weighted by molar-refractivity contribution is -0.125. The highest BCUT2D eigenvalue weighted by molar-refractivity contribution is 5.76. The SMILES string of the molecule is C[C@H](NC(=O)CC1CNCCO1)C1CCCCCC1. The first kappa shape index (κ1) is 14.8. The highest BCUT2D eigenvalue weighted by Crippen LogP contribution is 2.25. The Morgan fingerprint density at radius 2 is 2.05 bits per heavy atom. The number of carbonyl (C=O) groups is 1. The molecule has 19 heavy (non-hydrogen) atoms. The van der Waals surface area contributed by atoms with Gasteiger partial charge in [-0.1, -0.05) is 25.7 Å². The summed E-state index contributed by atoms with van der Waals surface area (Å²) in [6.07, 6.45) is 8.43. The zero-order valence-electron chi connectivity index (χ0n) is 12.1. The van der Waals surface area contributed by atoms with Gasteiger partial charge in [-0.3, -0.25) is 4.79 Å². The highest BCUT2D eigenvalue weighted by atomic mass is 16.5. The Morgan fingerprint density at radius 1 is 1.32 bits per heavy atom. The summed E-state index contributed by atoms with van der Waals surface area (Å²) >= 11 is 0. The smallest absolute Gasteiger partial charge is 0.222 e. The van der Waals surface area contributed by atoms with Crippen molar-refractivity contribution in [2.24, 2.45) is 5.92 Å². The zero-order chi connectivity index (χ0) is 13.5. The number of hydrogen-bond donors (Lipinski definition) is 2. The van der Waals surface area contributed by atoms with Gasteiger partial charge in [-0.15, -0.1) is 0 Å². The molecule has 0 spiro atoms. The largest absolute Gasteiger partial charge is 0.375 e. The highest BCUT2D eigenvalue weighted by Gasteiger charge is 2.22. The first-order chi connectivity index (χ1) is 9.25. The van der Waals surface area contributed by atoms with E-state index in [-0.39, 0.29) is 12.0 Å². The number of ether oxygens (including phenoxy) is 1. The van der Waals surface area contributed by atoms with Gasteiger partial charge in [-0.2, -0.15) is 0 Å². The summed E-state index contributed by atoms with van der Waals surface area (Å²) in [7, 11) is 0. The van der Waals surface area contributed by atoms with Crippen LogP contribution in [0.2, 0.25) is 0 Å². The molecule has 2 aliphatic rings. The van der Waals surface area contributed by atoms with Crippen LogP contribution in [0.1, 0.15) is 51.9 Å². The monoisotopic (exact) mass is 268 g/mol. The molecule has 1 heterocycles. The Labute approximate surface area is 116 Å². The van der Waals surface area contributed by atoms with Crippen molar-refractivity contribution in [3.05, 3.63) is 0 Å². The summed E-state index contributed by atoms with van der Waals surface area (Å²) in [5.41, 5.74) is 0. The molecule has 110 valence electrons. The van der Waals surface area contributed by atoms with Gasteiger partial charge in [0.25, 0.3) is 0 Å². The molecule has 1 saturated heterocycles. The minimum Gasteiger partial charge on any atom is -0.375 e. The van der Waals surface area contributed by atoms with Gasteiger partial charge in [-0.05, 0) is 25.7 Å². The number of carbonyl (C=O) groups excluding carboxylic acids is 1. The molecule has 1 aliphatic carbocycles. The van der Waals surface area contributed by atoms with Crippen LogP contribution in [0.15, 0.2) is 0 Å². The first-order valence-corrected chi connectivity index (χ1v) is 7.87. The number of rotatable bonds is 4. The van der Waals surface area contributed by atoms with Crippen LogP contribution < -0.4 is 10.6 Å². The second-order valence-corrected chi connectivity index (χ2v) is 6.01. The maximum atomic E-state index is 12.0. The third-order valence-electron chi connectivity index (χ3n) is 4.41. The van der Waals surface area contributed by atoms with E-state index in [9.17, 15) is 4.79 Å². The van der Waals surface area contributed by atoms with E-state index in [0.29, 0.717) is 18.4 Å². The van der Waals surface area contributed by atoms with Crippen molar-refractivity contribution in [2.75, 3.05) is 19.7 Å². The van der Waals surface area contributed by atoms with E-state index in [2.05, 4.69) is 17.6 Å². The van der Waals surface area contributed by atoms with Crippen LogP contribution >= 0.6 is 0 Å². The number of nitrogens with one attached hydrogen (secondary N) is 2. The van der Waals surface area contributed by atoms with Crippen LogP contribution in [0, 0.1) is 5.92 Å². The lowest BCUT2D eigenvalue weighted by Gasteiger charge is -2.26. The molecule has 0 radical (unpaired) electrons. The number of hydrogen-bond acceptors (Lipinski definition) is 3. The maximum Gasteiger partial charge on any atom is 0.222 e. The van der Waals surface area contributed by atoms with Gasteiger partial charge in [0.2, 0.25) is 5.91 Å². The summed E-state index contributed by atoms with van der Waals surface area (Å²) in [6.45, 7) is 4.58. The third kappa shape index (κ3) is 5.11. The van der Waals surface area contributed by atoms with E-state index < -0.39 is 0 Å². The first-order valence-electron chi connectivity index (χ1n) is 7.87. The van der Waals surface area contributed by atoms with Crippen molar-refractivity contribution in [2.45, 2.75) is 64.0 Å². The molecule has 0 aromatic rings. The van der Waals surface area contributed by atoms with Gasteiger partial charge in [0, 0.05) is 19.1 Å². The molecule has 4 heteroatoms. The Hall–Kier alpha value is -0.610. The topological polar surface area (TPSA) is 50.4 Å². The van der Waals surface area contributed by atoms with Crippen LogP contribution in [-0.4, -0.2) is 37.7 Å². The van der Waals surface area contributed by atoms with Crippen molar-refractivity contribution < 1.29 is 9.53 Å². The van der Waals surface area contributed by atoms with E-state index in [1.807, 2.05) is 0 Å². The lowest BCUT2D eigenvalue weighted by atomic mass is 9.93. The molecule has 0 aromatic carbocycles. The Balaban J connectivity index is 1.70. The second kappa shape index (κ2) is 7.85. The van der Waals surface area contributed by atoms with Gasteiger partial charge < -0.3 is 15.4 Å². The van der Waals surface area contributed by atoms with Crippen molar-refractivity contribution in [1.82, 2.24) is 10.6 Å². The van der Waals surface area contributed by atoms with Crippen molar-refractivity contribution in [1.29, 1.82) is 0 Å². The standard InChI is InChI=1S/C15H28N2O2/c1-12(13-6-4-2-3-5-7-13)17-15(18)10-14-11-16-8-9-19-14/h12-14,16H,2-11H2,1H3,(H,17,18)/t12-,14?/m0/s1. The molecule has 0 bridgehead atoms. The molecule has 2 N–H and O–H groups in total. The summed E-state index contributed by atoms with van der Waals surface area (Å²) in [5, 5.41) is 6.44. The fraction of sp³-hybridized carbons (Fsp3) is 0.933. The van der Waals surface area contributed by atoms with Crippen molar-refractivity contribution in [3.8, 4) is 0 Å². The molecule has 1 saturated carbocycles. The minimum atomic E-state index is 0.0510. The lowest BCUT2D eigenvalue weighted by Crippen LogP contribution is -2.44. The Kier molecular flexibility index (Phi) is 6.11. The van der Waals surface area contributed by atoms with Gasteiger partial charge >= 0.3 is 0 Å².